The van der Waals surface area contributed by atoms with Gasteiger partial charge in [0.2, 0.25) is 0 Å². The van der Waals surface area contributed by atoms with Gasteiger partial charge in [0, 0.05) is 30.5 Å². The fourth-order valence-electron chi connectivity index (χ4n) is 2.42. The van der Waals surface area contributed by atoms with Crippen molar-refractivity contribution >= 4 is 23.1 Å². The molecule has 154 valence electrons. The third-order valence-corrected chi connectivity index (χ3v) is 4.76. The quantitative estimate of drug-likeness (QED) is 0.623. The third-order valence-electron chi connectivity index (χ3n) is 3.57. The van der Waals surface area contributed by atoms with Gasteiger partial charge in [-0.05, 0) is 40.2 Å². The lowest BCUT2D eigenvalue weighted by Crippen LogP contribution is -2.27. The molecule has 0 aliphatic heterocycles. The average molecular weight is 416 g/mol. The van der Waals surface area contributed by atoms with E-state index >= 15 is 0 Å². The SMILES string of the molecule is Cc1nc(C(=O)NCCCO)sc1-c1cnc(NC(C)(C)C)cc1C(F)(F)F. The zero-order chi connectivity index (χ0) is 21.1. The zero-order valence-electron chi connectivity index (χ0n) is 16.1. The summed E-state index contributed by atoms with van der Waals surface area (Å²) >= 11 is 0.882. The van der Waals surface area contributed by atoms with Gasteiger partial charge in [0.25, 0.3) is 5.91 Å². The zero-order valence-corrected chi connectivity index (χ0v) is 16.9. The molecule has 0 unspecified atom stereocenters. The largest absolute Gasteiger partial charge is 0.417 e. The summed E-state index contributed by atoms with van der Waals surface area (Å²) in [6.07, 6.45) is -3.05. The number of halogens is 3. The summed E-state index contributed by atoms with van der Waals surface area (Å²) in [6, 6.07) is 0.973. The number of nitrogens with one attached hydrogen (secondary N) is 2. The van der Waals surface area contributed by atoms with Crippen LogP contribution in [0.3, 0.4) is 0 Å². The second-order valence-corrected chi connectivity index (χ2v) is 8.25. The van der Waals surface area contributed by atoms with Gasteiger partial charge >= 0.3 is 6.18 Å². The number of aromatic nitrogens is 2. The molecule has 0 radical (unpaired) electrons. The topological polar surface area (TPSA) is 87.1 Å². The second-order valence-electron chi connectivity index (χ2n) is 7.25. The molecule has 2 aromatic heterocycles. The van der Waals surface area contributed by atoms with Crippen molar-refractivity contribution in [1.82, 2.24) is 15.3 Å². The minimum atomic E-state index is -4.59. The highest BCUT2D eigenvalue weighted by Crippen LogP contribution is 2.41. The fraction of sp³-hybridized carbons (Fsp3) is 0.500. The van der Waals surface area contributed by atoms with Crippen LogP contribution in [0.5, 0.6) is 0 Å². The van der Waals surface area contributed by atoms with E-state index in [-0.39, 0.29) is 34.4 Å². The molecule has 2 rings (SSSR count). The molecule has 2 aromatic rings. The van der Waals surface area contributed by atoms with Crippen LogP contribution >= 0.6 is 11.3 Å². The standard InChI is InChI=1S/C18H23F3N4O2S/c1-10-14(28-16(24-10)15(27)22-6-5-7-26)11-9-23-13(25-17(2,3)4)8-12(11)18(19,20)21/h8-9,26H,5-7H2,1-4H3,(H,22,27)(H,23,25). The molecule has 0 aliphatic rings. The van der Waals surface area contributed by atoms with Crippen molar-refractivity contribution < 1.29 is 23.1 Å². The van der Waals surface area contributed by atoms with Crippen molar-refractivity contribution in [2.24, 2.45) is 0 Å². The first-order valence-corrected chi connectivity index (χ1v) is 9.46. The Morgan fingerprint density at radius 1 is 1.29 bits per heavy atom. The van der Waals surface area contributed by atoms with Crippen molar-refractivity contribution in [1.29, 1.82) is 0 Å². The van der Waals surface area contributed by atoms with Crippen LogP contribution in [-0.4, -0.2) is 39.7 Å². The van der Waals surface area contributed by atoms with Gasteiger partial charge in [0.05, 0.1) is 16.1 Å². The number of thiazole rings is 1. The molecule has 10 heteroatoms. The molecule has 1 amide bonds. The van der Waals surface area contributed by atoms with E-state index in [1.54, 1.807) is 6.92 Å². The van der Waals surface area contributed by atoms with E-state index < -0.39 is 23.2 Å². The van der Waals surface area contributed by atoms with Gasteiger partial charge in [0.15, 0.2) is 5.01 Å². The number of anilines is 1. The molecular formula is C18H23F3N4O2S. The highest BCUT2D eigenvalue weighted by Gasteiger charge is 2.36. The Balaban J connectivity index is 2.43. The van der Waals surface area contributed by atoms with Crippen LogP contribution in [0.2, 0.25) is 0 Å². The molecule has 0 spiro atoms. The number of amides is 1. The molecule has 0 aromatic carbocycles. The van der Waals surface area contributed by atoms with Crippen LogP contribution in [0.25, 0.3) is 10.4 Å². The Morgan fingerprint density at radius 2 is 1.96 bits per heavy atom. The first-order chi connectivity index (χ1) is 12.9. The normalized spacial score (nSPS) is 12.1. The maximum atomic E-state index is 13.7. The molecule has 6 nitrogen and oxygen atoms in total. The number of pyridine rings is 1. The second kappa shape index (κ2) is 8.44. The van der Waals surface area contributed by atoms with Gasteiger partial charge in [-0.3, -0.25) is 4.79 Å². The third kappa shape index (κ3) is 5.65. The summed E-state index contributed by atoms with van der Waals surface area (Å²) in [5.74, 6) is -0.368. The molecular weight excluding hydrogens is 393 g/mol. The number of hydrogen-bond acceptors (Lipinski definition) is 6. The van der Waals surface area contributed by atoms with E-state index in [4.69, 9.17) is 5.11 Å². The number of carbonyl (C=O) groups is 1. The molecule has 0 bridgehead atoms. The van der Waals surface area contributed by atoms with Gasteiger partial charge in [0.1, 0.15) is 5.82 Å². The summed E-state index contributed by atoms with van der Waals surface area (Å²) in [6.45, 7) is 7.21. The number of aryl methyl sites for hydroxylation is 1. The molecule has 0 saturated heterocycles. The highest BCUT2D eigenvalue weighted by atomic mass is 32.1. The maximum Gasteiger partial charge on any atom is 0.417 e. The Labute approximate surface area is 165 Å². The minimum Gasteiger partial charge on any atom is -0.396 e. The first-order valence-electron chi connectivity index (χ1n) is 8.64. The summed E-state index contributed by atoms with van der Waals surface area (Å²) < 4.78 is 41.0. The van der Waals surface area contributed by atoms with E-state index in [1.165, 1.54) is 0 Å². The van der Waals surface area contributed by atoms with E-state index in [9.17, 15) is 18.0 Å². The van der Waals surface area contributed by atoms with Crippen molar-refractivity contribution in [3.05, 3.63) is 28.5 Å². The van der Waals surface area contributed by atoms with Crippen LogP contribution in [0.4, 0.5) is 19.0 Å². The number of alkyl halides is 3. The van der Waals surface area contributed by atoms with Crippen LogP contribution in [0.15, 0.2) is 12.3 Å². The fourth-order valence-corrected chi connectivity index (χ4v) is 3.43. The Morgan fingerprint density at radius 3 is 2.54 bits per heavy atom. The number of carbonyl (C=O) groups excluding carboxylic acids is 1. The lowest BCUT2D eigenvalue weighted by Gasteiger charge is -2.22. The van der Waals surface area contributed by atoms with Gasteiger partial charge in [-0.1, -0.05) is 0 Å². The lowest BCUT2D eigenvalue weighted by atomic mass is 10.1. The summed E-state index contributed by atoms with van der Waals surface area (Å²) in [5.41, 5.74) is -1.08. The molecule has 0 atom stereocenters. The van der Waals surface area contributed by atoms with E-state index in [0.717, 1.165) is 23.6 Å². The molecule has 2 heterocycles. The summed E-state index contributed by atoms with van der Waals surface area (Å²) in [4.78, 5) is 20.6. The molecule has 0 saturated carbocycles. The smallest absolute Gasteiger partial charge is 0.396 e. The molecule has 0 aliphatic carbocycles. The van der Waals surface area contributed by atoms with Crippen LogP contribution in [0, 0.1) is 6.92 Å². The number of aliphatic hydroxyl groups is 1. The lowest BCUT2D eigenvalue weighted by molar-refractivity contribution is -0.137. The van der Waals surface area contributed by atoms with E-state index in [0.29, 0.717) is 12.1 Å². The first kappa shape index (κ1) is 22.1. The number of nitrogens with zero attached hydrogens (tertiary/aromatic N) is 2. The number of aliphatic hydroxyl groups excluding tert-OH is 1. The Hall–Kier alpha value is -2.20. The van der Waals surface area contributed by atoms with E-state index in [2.05, 4.69) is 20.6 Å². The summed E-state index contributed by atoms with van der Waals surface area (Å²) in [5, 5.41) is 14.3. The van der Waals surface area contributed by atoms with Crippen molar-refractivity contribution in [2.45, 2.75) is 45.8 Å². The highest BCUT2D eigenvalue weighted by molar-refractivity contribution is 7.17. The van der Waals surface area contributed by atoms with Crippen molar-refractivity contribution in [3.8, 4) is 10.4 Å². The maximum absolute atomic E-state index is 13.7. The molecule has 3 N–H and O–H groups in total. The monoisotopic (exact) mass is 416 g/mol. The van der Waals surface area contributed by atoms with Gasteiger partial charge in [-0.25, -0.2) is 9.97 Å². The molecule has 0 fully saturated rings. The van der Waals surface area contributed by atoms with Gasteiger partial charge in [-0.2, -0.15) is 13.2 Å². The Kier molecular flexibility index (Phi) is 6.66. The van der Waals surface area contributed by atoms with E-state index in [1.807, 2.05) is 20.8 Å². The summed E-state index contributed by atoms with van der Waals surface area (Å²) in [7, 11) is 0. The minimum absolute atomic E-state index is 0.0652. The number of rotatable bonds is 6. The van der Waals surface area contributed by atoms with Crippen LogP contribution in [0.1, 0.15) is 48.3 Å². The van der Waals surface area contributed by atoms with Gasteiger partial charge in [-0.15, -0.1) is 11.3 Å². The number of hydrogen-bond donors (Lipinski definition) is 3. The van der Waals surface area contributed by atoms with Crippen molar-refractivity contribution in [2.75, 3.05) is 18.5 Å². The predicted octanol–water partition coefficient (Wildman–Crippen LogP) is 3.85. The molecule has 28 heavy (non-hydrogen) atoms. The average Bonchev–Trinajstić information content (AvgIpc) is 2.94. The van der Waals surface area contributed by atoms with Crippen LogP contribution < -0.4 is 10.6 Å². The Bertz CT molecular complexity index is 844. The van der Waals surface area contributed by atoms with Crippen LogP contribution in [-0.2, 0) is 6.18 Å². The predicted molar refractivity (Wildman–Crippen MR) is 102 cm³/mol. The van der Waals surface area contributed by atoms with Gasteiger partial charge < -0.3 is 15.7 Å². The van der Waals surface area contributed by atoms with Crippen molar-refractivity contribution in [3.63, 3.8) is 0 Å².